The van der Waals surface area contributed by atoms with E-state index in [1.165, 1.54) is 0 Å². The number of carbonyl (C=O) groups is 1. The highest BCUT2D eigenvalue weighted by atomic mass is 16.5. The minimum absolute atomic E-state index is 0.435. The van der Waals surface area contributed by atoms with Crippen LogP contribution < -0.4 is 10.5 Å². The first-order valence-electron chi connectivity index (χ1n) is 9.29. The molecule has 1 aromatic heterocycles. The lowest BCUT2D eigenvalue weighted by atomic mass is 9.94. The van der Waals surface area contributed by atoms with Crippen molar-refractivity contribution in [1.82, 2.24) is 10.2 Å². The van der Waals surface area contributed by atoms with Gasteiger partial charge in [-0.25, -0.2) is 0 Å². The molecule has 4 aromatic rings. The smallest absolute Gasteiger partial charge is 0.248 e. The first-order valence-corrected chi connectivity index (χ1v) is 9.29. The van der Waals surface area contributed by atoms with E-state index in [9.17, 15) is 4.79 Å². The van der Waals surface area contributed by atoms with E-state index in [2.05, 4.69) is 22.3 Å². The molecule has 1 amide bonds. The molecule has 3 aromatic carbocycles. The van der Waals surface area contributed by atoms with E-state index >= 15 is 0 Å². The van der Waals surface area contributed by atoms with Crippen LogP contribution in [0.5, 0.6) is 5.75 Å². The second kappa shape index (κ2) is 7.36. The summed E-state index contributed by atoms with van der Waals surface area (Å²) in [5, 5.41) is 10.6. The fourth-order valence-corrected chi connectivity index (χ4v) is 3.57. The van der Waals surface area contributed by atoms with Gasteiger partial charge >= 0.3 is 0 Å². The molecule has 0 saturated carbocycles. The van der Waals surface area contributed by atoms with Gasteiger partial charge in [-0.1, -0.05) is 18.2 Å². The molecular weight excluding hydrogens is 362 g/mol. The number of benzene rings is 3. The third-order valence-electron chi connectivity index (χ3n) is 5.18. The third kappa shape index (κ3) is 3.43. The Morgan fingerprint density at radius 3 is 2.48 bits per heavy atom. The van der Waals surface area contributed by atoms with E-state index in [0.717, 1.165) is 50.0 Å². The number of amides is 1. The molecule has 4 rings (SSSR count). The second-order valence-electron chi connectivity index (χ2n) is 7.07. The second-order valence-corrected chi connectivity index (χ2v) is 7.07. The topological polar surface area (TPSA) is 78.1 Å². The Labute approximate surface area is 169 Å². The van der Waals surface area contributed by atoms with E-state index in [4.69, 9.17) is 10.5 Å². The summed E-state index contributed by atoms with van der Waals surface area (Å²) in [6, 6.07) is 17.6. The maximum absolute atomic E-state index is 11.6. The van der Waals surface area contributed by atoms with Crippen LogP contribution in [0.1, 0.15) is 21.5 Å². The van der Waals surface area contributed by atoms with Crippen molar-refractivity contribution in [3.8, 4) is 28.1 Å². The molecule has 2 N–H and O–H groups in total. The Hall–Kier alpha value is -3.73. The van der Waals surface area contributed by atoms with Gasteiger partial charge in [0.05, 0.1) is 13.3 Å². The van der Waals surface area contributed by atoms with Gasteiger partial charge in [0.2, 0.25) is 5.91 Å². The molecule has 0 aliphatic carbocycles. The lowest BCUT2D eigenvalue weighted by Gasteiger charge is -2.12. The summed E-state index contributed by atoms with van der Waals surface area (Å²) in [5.41, 5.74) is 11.9. The standard InChI is InChI=1S/C24H21N3O2/c1-14-4-5-17(24(25)28)12-22(14)16-6-8-21-18(11-16)13-26-27-23(21)20-9-7-19(29-3)10-15(20)2/h4-13H,1-3H3,(H2,25,28). The molecule has 0 aliphatic rings. The number of fused-ring (bicyclic) bond motifs is 1. The summed E-state index contributed by atoms with van der Waals surface area (Å²) in [6.45, 7) is 4.05. The van der Waals surface area contributed by atoms with E-state index in [-0.39, 0.29) is 0 Å². The number of nitrogens with two attached hydrogens (primary N) is 1. The molecule has 1 heterocycles. The molecule has 0 aliphatic heterocycles. The molecule has 0 bridgehead atoms. The number of nitrogens with zero attached hydrogens (tertiary/aromatic N) is 2. The molecule has 5 heteroatoms. The first-order chi connectivity index (χ1) is 14.0. The normalized spacial score (nSPS) is 10.9. The van der Waals surface area contributed by atoms with Gasteiger partial charge in [-0.05, 0) is 72.5 Å². The molecular formula is C24H21N3O2. The zero-order valence-electron chi connectivity index (χ0n) is 16.6. The zero-order chi connectivity index (χ0) is 20.5. The molecule has 144 valence electrons. The summed E-state index contributed by atoms with van der Waals surface area (Å²) < 4.78 is 5.31. The van der Waals surface area contributed by atoms with Crippen molar-refractivity contribution >= 4 is 16.7 Å². The molecule has 5 nitrogen and oxygen atoms in total. The predicted molar refractivity (Wildman–Crippen MR) is 115 cm³/mol. The average molecular weight is 383 g/mol. The van der Waals surface area contributed by atoms with Crippen LogP contribution in [0, 0.1) is 13.8 Å². The highest BCUT2D eigenvalue weighted by molar-refractivity contribution is 5.98. The molecule has 0 spiro atoms. The van der Waals surface area contributed by atoms with E-state index in [1.807, 2.05) is 50.2 Å². The highest BCUT2D eigenvalue weighted by Crippen LogP contribution is 2.33. The van der Waals surface area contributed by atoms with Crippen molar-refractivity contribution in [2.24, 2.45) is 5.73 Å². The van der Waals surface area contributed by atoms with Gasteiger partial charge in [-0.3, -0.25) is 4.79 Å². The lowest BCUT2D eigenvalue weighted by Crippen LogP contribution is -2.10. The van der Waals surface area contributed by atoms with E-state index < -0.39 is 5.91 Å². The fraction of sp³-hybridized carbons (Fsp3) is 0.125. The van der Waals surface area contributed by atoms with Crippen molar-refractivity contribution in [2.45, 2.75) is 13.8 Å². The number of methoxy groups -OCH3 is 1. The molecule has 0 atom stereocenters. The third-order valence-corrected chi connectivity index (χ3v) is 5.18. The molecule has 0 unspecified atom stereocenters. The van der Waals surface area contributed by atoms with Crippen molar-refractivity contribution in [1.29, 1.82) is 0 Å². The molecule has 0 saturated heterocycles. The van der Waals surface area contributed by atoms with Crippen LogP contribution >= 0.6 is 0 Å². The summed E-state index contributed by atoms with van der Waals surface area (Å²) >= 11 is 0. The number of aryl methyl sites for hydroxylation is 2. The van der Waals surface area contributed by atoms with Crippen molar-refractivity contribution in [3.63, 3.8) is 0 Å². The van der Waals surface area contributed by atoms with Gasteiger partial charge in [0.15, 0.2) is 0 Å². The fourth-order valence-electron chi connectivity index (χ4n) is 3.57. The quantitative estimate of drug-likeness (QED) is 0.555. The van der Waals surface area contributed by atoms with Crippen LogP contribution in [0.4, 0.5) is 0 Å². The van der Waals surface area contributed by atoms with Gasteiger partial charge in [0, 0.05) is 21.9 Å². The predicted octanol–water partition coefficient (Wildman–Crippen LogP) is 4.69. The SMILES string of the molecule is COc1ccc(-c2nncc3cc(-c4cc(C(N)=O)ccc4C)ccc23)c(C)c1. The van der Waals surface area contributed by atoms with Crippen molar-refractivity contribution < 1.29 is 9.53 Å². The van der Waals surface area contributed by atoms with Crippen LogP contribution in [0.25, 0.3) is 33.2 Å². The van der Waals surface area contributed by atoms with Crippen LogP contribution in [-0.2, 0) is 0 Å². The Bertz CT molecular complexity index is 1250. The molecule has 29 heavy (non-hydrogen) atoms. The summed E-state index contributed by atoms with van der Waals surface area (Å²) in [7, 11) is 1.66. The molecule has 0 radical (unpaired) electrons. The minimum atomic E-state index is -0.435. The van der Waals surface area contributed by atoms with Gasteiger partial charge < -0.3 is 10.5 Å². The zero-order valence-corrected chi connectivity index (χ0v) is 16.6. The number of ether oxygens (including phenoxy) is 1. The van der Waals surface area contributed by atoms with Gasteiger partial charge in [0.1, 0.15) is 11.4 Å². The summed E-state index contributed by atoms with van der Waals surface area (Å²) in [6.07, 6.45) is 1.76. The lowest BCUT2D eigenvalue weighted by molar-refractivity contribution is 0.100. The summed E-state index contributed by atoms with van der Waals surface area (Å²) in [4.78, 5) is 11.6. The van der Waals surface area contributed by atoms with Crippen LogP contribution in [0.3, 0.4) is 0 Å². The largest absolute Gasteiger partial charge is 0.497 e. The van der Waals surface area contributed by atoms with Crippen LogP contribution in [0.2, 0.25) is 0 Å². The van der Waals surface area contributed by atoms with Gasteiger partial charge in [-0.2, -0.15) is 5.10 Å². The number of primary amides is 1. The Morgan fingerprint density at radius 2 is 1.76 bits per heavy atom. The first kappa shape index (κ1) is 18.6. The number of hydrogen-bond acceptors (Lipinski definition) is 4. The Kier molecular flexibility index (Phi) is 4.72. The average Bonchev–Trinajstić information content (AvgIpc) is 2.73. The maximum Gasteiger partial charge on any atom is 0.248 e. The number of carbonyl (C=O) groups excluding carboxylic acids is 1. The van der Waals surface area contributed by atoms with Crippen LogP contribution in [-0.4, -0.2) is 23.2 Å². The number of hydrogen-bond donors (Lipinski definition) is 1. The maximum atomic E-state index is 11.6. The van der Waals surface area contributed by atoms with E-state index in [0.29, 0.717) is 5.56 Å². The number of rotatable bonds is 4. The Balaban J connectivity index is 1.86. The Morgan fingerprint density at radius 1 is 0.931 bits per heavy atom. The van der Waals surface area contributed by atoms with Gasteiger partial charge in [0.25, 0.3) is 0 Å². The van der Waals surface area contributed by atoms with Gasteiger partial charge in [-0.15, -0.1) is 5.10 Å². The van der Waals surface area contributed by atoms with Crippen LogP contribution in [0.15, 0.2) is 60.8 Å². The molecule has 0 fully saturated rings. The highest BCUT2D eigenvalue weighted by Gasteiger charge is 2.12. The van der Waals surface area contributed by atoms with Crippen molar-refractivity contribution in [2.75, 3.05) is 7.11 Å². The minimum Gasteiger partial charge on any atom is -0.497 e. The monoisotopic (exact) mass is 383 g/mol. The summed E-state index contributed by atoms with van der Waals surface area (Å²) in [5.74, 6) is 0.377. The van der Waals surface area contributed by atoms with Crippen molar-refractivity contribution in [3.05, 3.63) is 77.5 Å². The number of aromatic nitrogens is 2. The van der Waals surface area contributed by atoms with E-state index in [1.54, 1.807) is 19.4 Å².